The highest BCUT2D eigenvalue weighted by Crippen LogP contribution is 2.44. The second kappa shape index (κ2) is 9.93. The third-order valence-electron chi connectivity index (χ3n) is 8.02. The number of benzene rings is 2. The molecule has 0 N–H and O–H groups in total. The molecule has 2 bridgehead atoms. The van der Waals surface area contributed by atoms with Gasteiger partial charge in [0.15, 0.2) is 0 Å². The zero-order chi connectivity index (χ0) is 26.4. The molecule has 4 atom stereocenters. The first kappa shape index (κ1) is 25.2. The van der Waals surface area contributed by atoms with Crippen molar-refractivity contribution >= 4 is 5.97 Å². The lowest BCUT2D eigenvalue weighted by atomic mass is 9.96. The van der Waals surface area contributed by atoms with Crippen molar-refractivity contribution in [3.05, 3.63) is 70.3 Å². The van der Waals surface area contributed by atoms with Crippen molar-refractivity contribution in [1.29, 1.82) is 0 Å². The first-order valence-corrected chi connectivity index (χ1v) is 13.1. The number of fused-ring (bicyclic) bond motifs is 4. The van der Waals surface area contributed by atoms with Crippen LogP contribution in [0.25, 0.3) is 0 Å². The van der Waals surface area contributed by atoms with Crippen LogP contribution < -0.4 is 9.47 Å². The number of halogens is 3. The van der Waals surface area contributed by atoms with Gasteiger partial charge in [-0.1, -0.05) is 18.2 Å². The summed E-state index contributed by atoms with van der Waals surface area (Å²) in [6, 6.07) is 8.37. The van der Waals surface area contributed by atoms with Crippen LogP contribution in [0.2, 0.25) is 0 Å². The molecule has 3 unspecified atom stereocenters. The van der Waals surface area contributed by atoms with E-state index >= 15 is 0 Å². The van der Waals surface area contributed by atoms with Gasteiger partial charge in [0, 0.05) is 43.3 Å². The average molecular weight is 530 g/mol. The predicted octanol–water partition coefficient (Wildman–Crippen LogP) is 5.34. The molecule has 9 heteroatoms. The first-order valence-electron chi connectivity index (χ1n) is 13.1. The van der Waals surface area contributed by atoms with Gasteiger partial charge in [-0.25, -0.2) is 4.79 Å². The van der Waals surface area contributed by atoms with E-state index in [0.29, 0.717) is 49.6 Å². The smallest absolute Gasteiger partial charge is 0.416 e. The number of carbonyl (C=O) groups is 1. The highest BCUT2D eigenvalue weighted by atomic mass is 19.4. The molecule has 0 aromatic heterocycles. The molecular weight excluding hydrogens is 499 g/mol. The van der Waals surface area contributed by atoms with Gasteiger partial charge in [-0.15, -0.1) is 0 Å². The molecule has 2 saturated heterocycles. The Kier molecular flexibility index (Phi) is 6.60. The van der Waals surface area contributed by atoms with Gasteiger partial charge in [-0.3, -0.25) is 4.90 Å². The molecule has 2 aromatic carbocycles. The third-order valence-corrected chi connectivity index (χ3v) is 8.02. The van der Waals surface area contributed by atoms with E-state index in [-0.39, 0.29) is 30.8 Å². The molecule has 2 fully saturated rings. The fourth-order valence-corrected chi connectivity index (χ4v) is 6.23. The molecule has 0 radical (unpaired) electrons. The van der Waals surface area contributed by atoms with E-state index in [1.165, 1.54) is 19.3 Å². The first-order chi connectivity index (χ1) is 18.3. The van der Waals surface area contributed by atoms with E-state index in [1.807, 2.05) is 18.2 Å². The summed E-state index contributed by atoms with van der Waals surface area (Å²) in [6.07, 6.45) is 1.74. The maximum atomic E-state index is 14.0. The molecule has 4 aliphatic rings. The fourth-order valence-electron chi connectivity index (χ4n) is 6.23. The molecule has 0 saturated carbocycles. The standard InChI is InChI=1S/C29H30F3NO5/c1-35-28(34)11-2-17-16-36-27-12-18(5-6-21(17)27)38-26-10-8-22-23(26)7-9-25(29(30,31)32)24(22)15-33-13-19-3-4-20(14-33)37-19/h2,5-7,9,11-12,17,19-20,26H,3-4,8,10,13-16H2,1H3/t17?,19?,20?,26-/m1/s1. The van der Waals surface area contributed by atoms with E-state index in [4.69, 9.17) is 14.2 Å². The number of carbonyl (C=O) groups excluding carboxylic acids is 1. The Hall–Kier alpha value is -3.04. The average Bonchev–Trinajstić information content (AvgIpc) is 3.58. The summed E-state index contributed by atoms with van der Waals surface area (Å²) in [7, 11) is 1.33. The molecule has 38 heavy (non-hydrogen) atoms. The molecule has 6 nitrogen and oxygen atoms in total. The molecule has 3 heterocycles. The Morgan fingerprint density at radius 1 is 1.11 bits per heavy atom. The largest absolute Gasteiger partial charge is 0.492 e. The van der Waals surface area contributed by atoms with Gasteiger partial charge < -0.3 is 18.9 Å². The summed E-state index contributed by atoms with van der Waals surface area (Å²) in [5.41, 5.74) is 2.35. The Morgan fingerprint density at radius 3 is 2.61 bits per heavy atom. The number of ether oxygens (including phenoxy) is 4. The Morgan fingerprint density at radius 2 is 1.87 bits per heavy atom. The number of nitrogens with zero attached hydrogens (tertiary/aromatic N) is 1. The van der Waals surface area contributed by atoms with Gasteiger partial charge in [0.05, 0.1) is 31.5 Å². The van der Waals surface area contributed by atoms with Crippen LogP contribution >= 0.6 is 0 Å². The third kappa shape index (κ3) is 4.89. The Labute approximate surface area is 219 Å². The molecule has 3 aliphatic heterocycles. The summed E-state index contributed by atoms with van der Waals surface area (Å²) in [4.78, 5) is 13.6. The van der Waals surface area contributed by atoms with Gasteiger partial charge in [0.2, 0.25) is 0 Å². The topological polar surface area (TPSA) is 57.2 Å². The van der Waals surface area contributed by atoms with Crippen LogP contribution in [0.1, 0.15) is 59.1 Å². The van der Waals surface area contributed by atoms with Gasteiger partial charge >= 0.3 is 12.1 Å². The number of methoxy groups -OCH3 is 1. The maximum Gasteiger partial charge on any atom is 0.416 e. The lowest BCUT2D eigenvalue weighted by molar-refractivity contribution is -0.138. The van der Waals surface area contributed by atoms with Crippen LogP contribution in [-0.4, -0.2) is 49.9 Å². The fraction of sp³-hybridized carbons (Fsp3) is 0.483. The number of likely N-dealkylation sites (tertiary alicyclic amines) is 1. The predicted molar refractivity (Wildman–Crippen MR) is 132 cm³/mol. The van der Waals surface area contributed by atoms with Gasteiger partial charge in [-0.2, -0.15) is 13.2 Å². The minimum absolute atomic E-state index is 0.0656. The SMILES string of the molecule is COC(=O)C=CC1COc2cc(O[C@@H]3CCc4c3ccc(C(F)(F)F)c4CN3CC4CCC(C3)O4)ccc21. The number of alkyl halides is 3. The zero-order valence-electron chi connectivity index (χ0n) is 21.1. The number of hydrogen-bond donors (Lipinski definition) is 0. The van der Waals surface area contributed by atoms with E-state index in [0.717, 1.165) is 29.5 Å². The van der Waals surface area contributed by atoms with Crippen molar-refractivity contribution < 1.29 is 36.9 Å². The minimum Gasteiger partial charge on any atom is -0.492 e. The van der Waals surface area contributed by atoms with Crippen LogP contribution in [0.5, 0.6) is 11.5 Å². The zero-order valence-corrected chi connectivity index (χ0v) is 21.1. The van der Waals surface area contributed by atoms with Crippen molar-refractivity contribution in [2.45, 2.75) is 62.6 Å². The lowest BCUT2D eigenvalue weighted by Gasteiger charge is -2.33. The quantitative estimate of drug-likeness (QED) is 0.372. The molecule has 6 rings (SSSR count). The molecule has 1 aliphatic carbocycles. The van der Waals surface area contributed by atoms with E-state index in [2.05, 4.69) is 9.64 Å². The minimum atomic E-state index is -4.41. The number of rotatable bonds is 6. The van der Waals surface area contributed by atoms with Gasteiger partial charge in [-0.05, 0) is 54.5 Å². The molecular formula is C29H30F3NO5. The highest BCUT2D eigenvalue weighted by molar-refractivity contribution is 5.82. The normalized spacial score (nSPS) is 26.3. The van der Waals surface area contributed by atoms with E-state index in [9.17, 15) is 18.0 Å². The van der Waals surface area contributed by atoms with Crippen LogP contribution in [0.15, 0.2) is 42.5 Å². The summed E-state index contributed by atoms with van der Waals surface area (Å²) >= 11 is 0. The lowest BCUT2D eigenvalue weighted by Crippen LogP contribution is -2.42. The summed E-state index contributed by atoms with van der Waals surface area (Å²) < 4.78 is 64.8. The monoisotopic (exact) mass is 529 g/mol. The van der Waals surface area contributed by atoms with E-state index in [1.54, 1.807) is 12.1 Å². The van der Waals surface area contributed by atoms with Crippen molar-refractivity contribution in [1.82, 2.24) is 4.90 Å². The van der Waals surface area contributed by atoms with Gasteiger partial charge in [0.25, 0.3) is 0 Å². The van der Waals surface area contributed by atoms with Crippen molar-refractivity contribution in [2.24, 2.45) is 0 Å². The van der Waals surface area contributed by atoms with Crippen molar-refractivity contribution in [3.63, 3.8) is 0 Å². The van der Waals surface area contributed by atoms with E-state index < -0.39 is 17.7 Å². The highest BCUT2D eigenvalue weighted by Gasteiger charge is 2.40. The summed E-state index contributed by atoms with van der Waals surface area (Å²) in [5.74, 6) is 0.789. The molecule has 0 amide bonds. The maximum absolute atomic E-state index is 14.0. The number of hydrogen-bond acceptors (Lipinski definition) is 6. The van der Waals surface area contributed by atoms with Crippen LogP contribution in [0.3, 0.4) is 0 Å². The van der Waals surface area contributed by atoms with Crippen LogP contribution in [-0.2, 0) is 33.4 Å². The Bertz CT molecular complexity index is 1250. The van der Waals surface area contributed by atoms with Crippen molar-refractivity contribution in [3.8, 4) is 11.5 Å². The van der Waals surface area contributed by atoms with Crippen LogP contribution in [0, 0.1) is 0 Å². The van der Waals surface area contributed by atoms with Crippen molar-refractivity contribution in [2.75, 3.05) is 26.8 Å². The molecule has 0 spiro atoms. The van der Waals surface area contributed by atoms with Gasteiger partial charge in [0.1, 0.15) is 17.6 Å². The second-order valence-corrected chi connectivity index (χ2v) is 10.5. The van der Waals surface area contributed by atoms with Crippen LogP contribution in [0.4, 0.5) is 13.2 Å². The number of esters is 1. The molecule has 202 valence electrons. The summed E-state index contributed by atoms with van der Waals surface area (Å²) in [5, 5.41) is 0. The Balaban J connectivity index is 1.22. The summed E-state index contributed by atoms with van der Waals surface area (Å²) in [6.45, 7) is 2.02. The molecule has 2 aromatic rings. The number of morpholine rings is 1. The second-order valence-electron chi connectivity index (χ2n) is 10.5.